The molecular formula is C22H17N3O3S. The lowest BCUT2D eigenvalue weighted by Gasteiger charge is -2.18. The van der Waals surface area contributed by atoms with Gasteiger partial charge in [0.2, 0.25) is 0 Å². The van der Waals surface area contributed by atoms with Crippen molar-refractivity contribution < 1.29 is 14.2 Å². The van der Waals surface area contributed by atoms with E-state index in [9.17, 15) is 5.26 Å². The zero-order chi connectivity index (χ0) is 19.8. The number of methoxy groups -OCH3 is 1. The molecule has 2 aromatic heterocycles. The fourth-order valence-corrected chi connectivity index (χ4v) is 4.46. The topological polar surface area (TPSA) is 68.8 Å². The standard InChI is InChI=1S/C22H17N3O3S/c1-26-16-5-2-14(3-6-16)18-13-29-22-24-21(17(8-9-23)25(18)22)15-4-7-19-20(12-15)28-11-10-27-19/h2-7,12-13H,8,10-11H2,1H3. The van der Waals surface area contributed by atoms with Crippen LogP contribution in [-0.4, -0.2) is 29.7 Å². The van der Waals surface area contributed by atoms with Crippen molar-refractivity contribution in [3.05, 3.63) is 53.5 Å². The molecule has 0 spiro atoms. The Labute approximate surface area is 171 Å². The summed E-state index contributed by atoms with van der Waals surface area (Å²) in [6.45, 7) is 1.08. The molecule has 0 saturated carbocycles. The number of imidazole rings is 1. The average Bonchev–Trinajstić information content (AvgIpc) is 3.34. The van der Waals surface area contributed by atoms with Gasteiger partial charge in [-0.05, 0) is 48.0 Å². The molecular weight excluding hydrogens is 386 g/mol. The van der Waals surface area contributed by atoms with Crippen LogP contribution in [0, 0.1) is 11.3 Å². The fourth-order valence-electron chi connectivity index (χ4n) is 3.54. The molecule has 0 N–H and O–H groups in total. The maximum atomic E-state index is 9.48. The molecule has 29 heavy (non-hydrogen) atoms. The van der Waals surface area contributed by atoms with Crippen LogP contribution in [-0.2, 0) is 6.42 Å². The summed E-state index contributed by atoms with van der Waals surface area (Å²) in [5.41, 5.74) is 4.63. The Bertz CT molecular complexity index is 1230. The van der Waals surface area contributed by atoms with Gasteiger partial charge in [-0.2, -0.15) is 5.26 Å². The summed E-state index contributed by atoms with van der Waals surface area (Å²) in [5, 5.41) is 11.5. The molecule has 1 aliphatic rings. The van der Waals surface area contributed by atoms with Crippen molar-refractivity contribution in [2.75, 3.05) is 20.3 Å². The third-order valence-electron chi connectivity index (χ3n) is 4.91. The van der Waals surface area contributed by atoms with Gasteiger partial charge >= 0.3 is 0 Å². The van der Waals surface area contributed by atoms with Gasteiger partial charge in [-0.3, -0.25) is 4.40 Å². The van der Waals surface area contributed by atoms with Crippen LogP contribution in [0.4, 0.5) is 0 Å². The summed E-state index contributed by atoms with van der Waals surface area (Å²) >= 11 is 1.56. The summed E-state index contributed by atoms with van der Waals surface area (Å²) in [7, 11) is 1.65. The molecule has 4 aromatic rings. The van der Waals surface area contributed by atoms with Crippen LogP contribution in [0.2, 0.25) is 0 Å². The molecule has 6 nitrogen and oxygen atoms in total. The van der Waals surface area contributed by atoms with Crippen molar-refractivity contribution >= 4 is 16.3 Å². The van der Waals surface area contributed by atoms with Crippen molar-refractivity contribution in [1.82, 2.24) is 9.38 Å². The van der Waals surface area contributed by atoms with E-state index in [0.29, 0.717) is 19.0 Å². The van der Waals surface area contributed by atoms with Gasteiger partial charge in [0.25, 0.3) is 0 Å². The first-order valence-electron chi connectivity index (χ1n) is 9.18. The van der Waals surface area contributed by atoms with Crippen molar-refractivity contribution in [2.45, 2.75) is 6.42 Å². The Morgan fingerprint density at radius 1 is 1.10 bits per heavy atom. The number of nitrogens with zero attached hydrogens (tertiary/aromatic N) is 3. The van der Waals surface area contributed by atoms with Gasteiger partial charge in [0.05, 0.1) is 36.7 Å². The minimum Gasteiger partial charge on any atom is -0.497 e. The van der Waals surface area contributed by atoms with Crippen LogP contribution in [0.25, 0.3) is 27.5 Å². The van der Waals surface area contributed by atoms with Crippen LogP contribution < -0.4 is 14.2 Å². The van der Waals surface area contributed by atoms with E-state index in [0.717, 1.165) is 44.7 Å². The molecule has 0 unspecified atom stereocenters. The third kappa shape index (κ3) is 2.98. The molecule has 0 amide bonds. The Morgan fingerprint density at radius 3 is 2.62 bits per heavy atom. The number of rotatable bonds is 4. The van der Waals surface area contributed by atoms with Gasteiger partial charge in [-0.25, -0.2) is 4.98 Å². The molecule has 0 saturated heterocycles. The molecule has 1 aliphatic heterocycles. The van der Waals surface area contributed by atoms with Crippen molar-refractivity contribution in [1.29, 1.82) is 5.26 Å². The Hall–Kier alpha value is -3.50. The first-order chi connectivity index (χ1) is 14.3. The van der Waals surface area contributed by atoms with Crippen molar-refractivity contribution in [3.63, 3.8) is 0 Å². The van der Waals surface area contributed by atoms with Gasteiger partial charge in [-0.1, -0.05) is 0 Å². The normalized spacial score (nSPS) is 12.7. The average molecular weight is 403 g/mol. The number of hydrogen-bond donors (Lipinski definition) is 0. The lowest BCUT2D eigenvalue weighted by molar-refractivity contribution is 0.171. The number of thiazole rings is 1. The Balaban J connectivity index is 1.66. The van der Waals surface area contributed by atoms with Crippen molar-refractivity contribution in [2.24, 2.45) is 0 Å². The highest BCUT2D eigenvalue weighted by Crippen LogP contribution is 2.38. The third-order valence-corrected chi connectivity index (χ3v) is 5.73. The number of hydrogen-bond acceptors (Lipinski definition) is 6. The molecule has 2 aromatic carbocycles. The van der Waals surface area contributed by atoms with Crippen LogP contribution in [0.3, 0.4) is 0 Å². The van der Waals surface area contributed by atoms with Crippen molar-refractivity contribution in [3.8, 4) is 45.8 Å². The van der Waals surface area contributed by atoms with Gasteiger partial charge in [0.1, 0.15) is 19.0 Å². The summed E-state index contributed by atoms with van der Waals surface area (Å²) < 4.78 is 18.7. The van der Waals surface area contributed by atoms with Crippen LogP contribution in [0.5, 0.6) is 17.2 Å². The van der Waals surface area contributed by atoms with E-state index in [1.54, 1.807) is 18.4 Å². The number of nitriles is 1. The minimum absolute atomic E-state index is 0.255. The highest BCUT2D eigenvalue weighted by atomic mass is 32.1. The second-order valence-electron chi connectivity index (χ2n) is 6.57. The largest absolute Gasteiger partial charge is 0.497 e. The number of aromatic nitrogens is 2. The highest BCUT2D eigenvalue weighted by molar-refractivity contribution is 7.15. The fraction of sp³-hybridized carbons (Fsp3) is 0.182. The Kier molecular flexibility index (Phi) is 4.34. The molecule has 3 heterocycles. The quantitative estimate of drug-likeness (QED) is 0.499. The van der Waals surface area contributed by atoms with E-state index in [1.165, 1.54) is 0 Å². The molecule has 144 valence electrons. The van der Waals surface area contributed by atoms with Gasteiger partial charge in [-0.15, -0.1) is 11.3 Å². The summed E-state index contributed by atoms with van der Waals surface area (Å²) in [4.78, 5) is 5.69. The smallest absolute Gasteiger partial charge is 0.194 e. The van der Waals surface area contributed by atoms with Crippen LogP contribution >= 0.6 is 11.3 Å². The molecule has 0 bridgehead atoms. The molecule has 0 radical (unpaired) electrons. The lowest BCUT2D eigenvalue weighted by atomic mass is 10.1. The van der Waals surface area contributed by atoms with E-state index in [4.69, 9.17) is 19.2 Å². The van der Waals surface area contributed by atoms with E-state index < -0.39 is 0 Å². The molecule has 7 heteroatoms. The van der Waals surface area contributed by atoms with E-state index in [2.05, 4.69) is 15.8 Å². The minimum atomic E-state index is 0.255. The number of fused-ring (bicyclic) bond motifs is 2. The second-order valence-corrected chi connectivity index (χ2v) is 7.40. The second kappa shape index (κ2) is 7.15. The first-order valence-corrected chi connectivity index (χ1v) is 10.1. The summed E-state index contributed by atoms with van der Waals surface area (Å²) in [5.74, 6) is 2.25. The monoisotopic (exact) mass is 403 g/mol. The number of benzene rings is 2. The van der Waals surface area contributed by atoms with E-state index in [1.807, 2.05) is 42.5 Å². The number of ether oxygens (including phenoxy) is 3. The zero-order valence-electron chi connectivity index (χ0n) is 15.7. The molecule has 0 atom stereocenters. The maximum absolute atomic E-state index is 9.48. The highest BCUT2D eigenvalue weighted by Gasteiger charge is 2.21. The van der Waals surface area contributed by atoms with E-state index >= 15 is 0 Å². The summed E-state index contributed by atoms with van der Waals surface area (Å²) in [6, 6.07) is 16.0. The zero-order valence-corrected chi connectivity index (χ0v) is 16.5. The molecule has 0 fully saturated rings. The van der Waals surface area contributed by atoms with Gasteiger partial charge in [0, 0.05) is 10.9 Å². The van der Waals surface area contributed by atoms with Crippen LogP contribution in [0.15, 0.2) is 47.8 Å². The van der Waals surface area contributed by atoms with Gasteiger partial charge in [0.15, 0.2) is 16.5 Å². The first kappa shape index (κ1) is 17.6. The Morgan fingerprint density at radius 2 is 1.86 bits per heavy atom. The molecule has 5 rings (SSSR count). The summed E-state index contributed by atoms with van der Waals surface area (Å²) in [6.07, 6.45) is 0.255. The van der Waals surface area contributed by atoms with E-state index in [-0.39, 0.29) is 6.42 Å². The predicted octanol–water partition coefficient (Wildman–Crippen LogP) is 4.58. The SMILES string of the molecule is COc1ccc(-c2csc3nc(-c4ccc5c(c4)OCCO5)c(CC#N)n23)cc1. The maximum Gasteiger partial charge on any atom is 0.194 e. The molecule has 0 aliphatic carbocycles. The lowest BCUT2D eigenvalue weighted by Crippen LogP contribution is -2.15. The van der Waals surface area contributed by atoms with Gasteiger partial charge < -0.3 is 14.2 Å². The van der Waals surface area contributed by atoms with Crippen LogP contribution in [0.1, 0.15) is 5.69 Å². The predicted molar refractivity (Wildman–Crippen MR) is 111 cm³/mol.